The van der Waals surface area contributed by atoms with E-state index in [2.05, 4.69) is 24.0 Å². The Morgan fingerprint density at radius 2 is 2.10 bits per heavy atom. The van der Waals surface area contributed by atoms with Crippen molar-refractivity contribution in [3.8, 4) is 5.75 Å². The van der Waals surface area contributed by atoms with E-state index in [1.807, 2.05) is 38.2 Å². The van der Waals surface area contributed by atoms with Crippen molar-refractivity contribution in [1.29, 1.82) is 0 Å². The van der Waals surface area contributed by atoms with E-state index in [1.54, 1.807) is 0 Å². The number of fused-ring (bicyclic) bond motifs is 1. The van der Waals surface area contributed by atoms with Gasteiger partial charge in [0.2, 0.25) is 0 Å². The number of hydrogen-bond donors (Lipinski definition) is 1. The second-order valence-corrected chi connectivity index (χ2v) is 5.65. The Balaban J connectivity index is 2.17. The van der Waals surface area contributed by atoms with Crippen molar-refractivity contribution in [2.24, 2.45) is 5.92 Å². The minimum atomic E-state index is -0.205. The first-order chi connectivity index (χ1) is 9.47. The quantitative estimate of drug-likeness (QED) is 0.673. The molecule has 0 spiro atoms. The highest BCUT2D eigenvalue weighted by atomic mass is 16.5. The predicted molar refractivity (Wildman–Crippen MR) is 81.0 cm³/mol. The van der Waals surface area contributed by atoms with E-state index in [-0.39, 0.29) is 11.9 Å². The number of carbonyl (C=O) groups is 1. The molecule has 0 bridgehead atoms. The Bertz CT molecular complexity index is 600. The van der Waals surface area contributed by atoms with Gasteiger partial charge in [0.25, 0.3) is 0 Å². The summed E-state index contributed by atoms with van der Waals surface area (Å²) in [6, 6.07) is 5.75. The molecule has 0 saturated heterocycles. The number of carbonyl (C=O) groups excluding carboxylic acids is 1. The van der Waals surface area contributed by atoms with Crippen molar-refractivity contribution in [1.82, 2.24) is 9.88 Å². The Hall–Kier alpha value is -1.81. The number of benzene rings is 1. The summed E-state index contributed by atoms with van der Waals surface area (Å²) >= 11 is 0. The zero-order chi connectivity index (χ0) is 14.7. The molecular weight excluding hydrogens is 252 g/mol. The standard InChI is InChI=1S/C16H22N2O2/c1-11(2)16(19)20-13-5-6-14-12(7-8-18(3)4)10-17-15(14)9-13/h5-6,9-11,17H,7-8H2,1-4H3. The van der Waals surface area contributed by atoms with Crippen molar-refractivity contribution in [2.75, 3.05) is 20.6 Å². The summed E-state index contributed by atoms with van der Waals surface area (Å²) in [7, 11) is 4.14. The third kappa shape index (κ3) is 3.39. The zero-order valence-corrected chi connectivity index (χ0v) is 12.6. The third-order valence-corrected chi connectivity index (χ3v) is 3.26. The Morgan fingerprint density at radius 3 is 2.75 bits per heavy atom. The number of likely N-dealkylation sites (N-methyl/N-ethyl adjacent to an activating group) is 1. The lowest BCUT2D eigenvalue weighted by Gasteiger charge is -2.09. The van der Waals surface area contributed by atoms with Gasteiger partial charge in [-0.15, -0.1) is 0 Å². The van der Waals surface area contributed by atoms with Crippen molar-refractivity contribution in [3.63, 3.8) is 0 Å². The van der Waals surface area contributed by atoms with Crippen LogP contribution < -0.4 is 4.74 Å². The maximum absolute atomic E-state index is 11.6. The lowest BCUT2D eigenvalue weighted by molar-refractivity contribution is -0.137. The molecule has 2 rings (SSSR count). The van der Waals surface area contributed by atoms with Gasteiger partial charge < -0.3 is 14.6 Å². The number of rotatable bonds is 5. The molecule has 0 amide bonds. The van der Waals surface area contributed by atoms with Crippen molar-refractivity contribution in [3.05, 3.63) is 30.0 Å². The molecule has 1 N–H and O–H groups in total. The number of esters is 1. The van der Waals surface area contributed by atoms with Crippen molar-refractivity contribution < 1.29 is 9.53 Å². The van der Waals surface area contributed by atoms with Crippen LogP contribution in [0.4, 0.5) is 0 Å². The summed E-state index contributed by atoms with van der Waals surface area (Å²) in [6.45, 7) is 4.67. The Labute approximate surface area is 119 Å². The SMILES string of the molecule is CC(C)C(=O)Oc1ccc2c(CCN(C)C)c[nH]c2c1. The molecule has 1 heterocycles. The second kappa shape index (κ2) is 6.09. The predicted octanol–water partition coefficient (Wildman–Crippen LogP) is 2.83. The van der Waals surface area contributed by atoms with Gasteiger partial charge >= 0.3 is 5.97 Å². The number of nitrogens with one attached hydrogen (secondary N) is 1. The molecule has 20 heavy (non-hydrogen) atoms. The van der Waals surface area contributed by atoms with Crippen LogP contribution in [0.5, 0.6) is 5.75 Å². The summed E-state index contributed by atoms with van der Waals surface area (Å²) < 4.78 is 5.32. The number of H-pyrrole nitrogens is 1. The van der Waals surface area contributed by atoms with E-state index in [1.165, 1.54) is 10.9 Å². The smallest absolute Gasteiger partial charge is 0.313 e. The fraction of sp³-hybridized carbons (Fsp3) is 0.438. The van der Waals surface area contributed by atoms with Crippen LogP contribution in [0.3, 0.4) is 0 Å². The van der Waals surface area contributed by atoms with Crippen LogP contribution in [0.15, 0.2) is 24.4 Å². The van der Waals surface area contributed by atoms with Crippen LogP contribution in [-0.2, 0) is 11.2 Å². The molecule has 0 fully saturated rings. The van der Waals surface area contributed by atoms with Crippen LogP contribution in [0, 0.1) is 5.92 Å². The highest BCUT2D eigenvalue weighted by Crippen LogP contribution is 2.24. The average Bonchev–Trinajstić information content (AvgIpc) is 2.78. The first-order valence-electron chi connectivity index (χ1n) is 6.94. The first-order valence-corrected chi connectivity index (χ1v) is 6.94. The van der Waals surface area contributed by atoms with Gasteiger partial charge in [-0.1, -0.05) is 13.8 Å². The molecule has 0 radical (unpaired) electrons. The molecule has 0 aliphatic heterocycles. The normalized spacial score (nSPS) is 11.5. The molecular formula is C16H22N2O2. The van der Waals surface area contributed by atoms with E-state index in [4.69, 9.17) is 4.74 Å². The van der Waals surface area contributed by atoms with E-state index in [9.17, 15) is 4.79 Å². The summed E-state index contributed by atoms with van der Waals surface area (Å²) in [5.41, 5.74) is 2.29. The highest BCUT2D eigenvalue weighted by molar-refractivity contribution is 5.85. The van der Waals surface area contributed by atoms with Crippen LogP contribution in [0.25, 0.3) is 10.9 Å². The molecule has 1 aromatic heterocycles. The molecule has 0 aliphatic rings. The van der Waals surface area contributed by atoms with E-state index in [0.717, 1.165) is 18.5 Å². The number of aromatic nitrogens is 1. The average molecular weight is 274 g/mol. The maximum atomic E-state index is 11.6. The lowest BCUT2D eigenvalue weighted by atomic mass is 10.1. The van der Waals surface area contributed by atoms with Crippen molar-refractivity contribution >= 4 is 16.9 Å². The number of ether oxygens (including phenoxy) is 1. The summed E-state index contributed by atoms with van der Waals surface area (Å²) in [5, 5.41) is 1.19. The molecule has 0 saturated carbocycles. The van der Waals surface area contributed by atoms with Gasteiger partial charge in [0.1, 0.15) is 5.75 Å². The summed E-state index contributed by atoms with van der Waals surface area (Å²) in [6.07, 6.45) is 3.03. The number of aromatic amines is 1. The molecule has 4 nitrogen and oxygen atoms in total. The maximum Gasteiger partial charge on any atom is 0.313 e. The molecule has 2 aromatic rings. The van der Waals surface area contributed by atoms with Crippen molar-refractivity contribution in [2.45, 2.75) is 20.3 Å². The molecule has 4 heteroatoms. The van der Waals surface area contributed by atoms with Gasteiger partial charge in [0, 0.05) is 29.7 Å². The van der Waals surface area contributed by atoms with Gasteiger partial charge in [-0.05, 0) is 38.2 Å². The fourth-order valence-electron chi connectivity index (χ4n) is 2.01. The summed E-state index contributed by atoms with van der Waals surface area (Å²) in [4.78, 5) is 17.0. The van der Waals surface area contributed by atoms with Gasteiger partial charge in [0.05, 0.1) is 5.92 Å². The lowest BCUT2D eigenvalue weighted by Crippen LogP contribution is -2.15. The van der Waals surface area contributed by atoms with E-state index >= 15 is 0 Å². The van der Waals surface area contributed by atoms with Gasteiger partial charge in [-0.3, -0.25) is 4.79 Å². The van der Waals surface area contributed by atoms with Crippen LogP contribution in [0.1, 0.15) is 19.4 Å². The van der Waals surface area contributed by atoms with Gasteiger partial charge in [-0.25, -0.2) is 0 Å². The monoisotopic (exact) mass is 274 g/mol. The summed E-state index contributed by atoms with van der Waals surface area (Å²) in [5.74, 6) is 0.269. The molecule has 0 unspecified atom stereocenters. The zero-order valence-electron chi connectivity index (χ0n) is 12.6. The minimum Gasteiger partial charge on any atom is -0.426 e. The largest absolute Gasteiger partial charge is 0.426 e. The number of hydrogen-bond acceptors (Lipinski definition) is 3. The highest BCUT2D eigenvalue weighted by Gasteiger charge is 2.11. The van der Waals surface area contributed by atoms with E-state index < -0.39 is 0 Å². The third-order valence-electron chi connectivity index (χ3n) is 3.26. The minimum absolute atomic E-state index is 0.120. The molecule has 1 aromatic carbocycles. The topological polar surface area (TPSA) is 45.3 Å². The molecule has 0 atom stereocenters. The second-order valence-electron chi connectivity index (χ2n) is 5.65. The fourth-order valence-corrected chi connectivity index (χ4v) is 2.01. The van der Waals surface area contributed by atoms with Gasteiger partial charge in [0.15, 0.2) is 0 Å². The Kier molecular flexibility index (Phi) is 4.45. The first kappa shape index (κ1) is 14.6. The Morgan fingerprint density at radius 1 is 1.35 bits per heavy atom. The molecule has 108 valence electrons. The number of nitrogens with zero attached hydrogens (tertiary/aromatic N) is 1. The molecule has 0 aliphatic carbocycles. The van der Waals surface area contributed by atoms with Gasteiger partial charge in [-0.2, -0.15) is 0 Å². The van der Waals surface area contributed by atoms with E-state index in [0.29, 0.717) is 5.75 Å². The van der Waals surface area contributed by atoms with Crippen LogP contribution >= 0.6 is 0 Å². The van der Waals surface area contributed by atoms with Crippen LogP contribution in [0.2, 0.25) is 0 Å². The van der Waals surface area contributed by atoms with Crippen LogP contribution in [-0.4, -0.2) is 36.5 Å².